The van der Waals surface area contributed by atoms with Gasteiger partial charge in [0.2, 0.25) is 5.91 Å². The molecule has 1 atom stereocenters. The van der Waals surface area contributed by atoms with Gasteiger partial charge in [-0.2, -0.15) is 5.10 Å². The van der Waals surface area contributed by atoms with Crippen molar-refractivity contribution in [1.82, 2.24) is 9.99 Å². The van der Waals surface area contributed by atoms with Gasteiger partial charge in [-0.25, -0.2) is 9.99 Å². The fraction of sp³-hybridized carbons (Fsp3) is 0.325. The Morgan fingerprint density at radius 1 is 0.816 bits per heavy atom. The lowest BCUT2D eigenvalue weighted by molar-refractivity contribution is -0.130. The van der Waals surface area contributed by atoms with Crippen LogP contribution in [0.15, 0.2) is 84.0 Å². The number of carbonyl (C=O) groups is 1. The van der Waals surface area contributed by atoms with Gasteiger partial charge in [-0.15, -0.1) is 11.3 Å². The second-order valence-corrected chi connectivity index (χ2v) is 13.3. The van der Waals surface area contributed by atoms with Crippen LogP contribution in [0.25, 0.3) is 20.8 Å². The highest BCUT2D eigenvalue weighted by Crippen LogP contribution is 2.38. The van der Waals surface area contributed by atoms with Crippen LogP contribution >= 0.6 is 11.3 Å². The molecular formula is C40H43N3O5S. The second kappa shape index (κ2) is 15.6. The SMILES string of the molecule is COc1ccc(C2CC(c3cc(C)c(C)c(OC)c3)=NN2C(C)=O)cc1OCCCCCCOc1ccc(-c2nc3ccccc3s2)cc1. The zero-order valence-electron chi connectivity index (χ0n) is 28.8. The number of hydrazone groups is 1. The molecule has 1 aliphatic rings. The molecular weight excluding hydrogens is 635 g/mol. The van der Waals surface area contributed by atoms with Crippen molar-refractivity contribution >= 4 is 33.2 Å². The standard InChI is InChI=1S/C40H43N3O5S/c1-26-22-31(24-37(46-5)27(26)2)34-25-35(43(42-34)28(3)44)30-16-19-36(45-4)38(23-30)48-21-11-7-6-10-20-47-32-17-14-29(15-18-32)40-41-33-12-8-9-13-39(33)49-40/h8-9,12-19,22-24,35H,6-7,10-11,20-21,25H2,1-5H3. The summed E-state index contributed by atoms with van der Waals surface area (Å²) in [5, 5.41) is 7.34. The Balaban J connectivity index is 0.975. The van der Waals surface area contributed by atoms with E-state index in [1.807, 2.05) is 61.5 Å². The molecule has 0 fully saturated rings. The zero-order valence-corrected chi connectivity index (χ0v) is 29.6. The van der Waals surface area contributed by atoms with Gasteiger partial charge in [-0.05, 0) is 117 Å². The maximum Gasteiger partial charge on any atom is 0.240 e. The van der Waals surface area contributed by atoms with Crippen LogP contribution in [0.5, 0.6) is 23.0 Å². The lowest BCUT2D eigenvalue weighted by Gasteiger charge is -2.22. The van der Waals surface area contributed by atoms with E-state index in [0.29, 0.717) is 31.1 Å². The summed E-state index contributed by atoms with van der Waals surface area (Å²) < 4.78 is 24.6. The molecule has 2 heterocycles. The van der Waals surface area contributed by atoms with E-state index in [1.165, 1.54) is 4.70 Å². The number of hydrogen-bond donors (Lipinski definition) is 0. The second-order valence-electron chi connectivity index (χ2n) is 12.3. The number of thiazole rings is 1. The summed E-state index contributed by atoms with van der Waals surface area (Å²) in [6.45, 7) is 6.89. The van der Waals surface area contributed by atoms with Crippen molar-refractivity contribution in [2.75, 3.05) is 27.4 Å². The van der Waals surface area contributed by atoms with Crippen LogP contribution in [0.1, 0.15) is 67.3 Å². The summed E-state index contributed by atoms with van der Waals surface area (Å²) in [6, 6.07) is 26.1. The molecule has 1 unspecified atom stereocenters. The highest BCUT2D eigenvalue weighted by molar-refractivity contribution is 7.21. The van der Waals surface area contributed by atoms with E-state index in [-0.39, 0.29) is 11.9 Å². The van der Waals surface area contributed by atoms with Gasteiger partial charge in [0, 0.05) is 24.5 Å². The van der Waals surface area contributed by atoms with Gasteiger partial charge in [0.25, 0.3) is 0 Å². The van der Waals surface area contributed by atoms with Gasteiger partial charge in [0.05, 0.1) is 49.4 Å². The average molecular weight is 678 g/mol. The smallest absolute Gasteiger partial charge is 0.240 e. The van der Waals surface area contributed by atoms with E-state index in [4.69, 9.17) is 29.0 Å². The summed E-state index contributed by atoms with van der Waals surface area (Å²) in [5.74, 6) is 2.91. The number of ether oxygens (including phenoxy) is 4. The molecule has 5 aromatic rings. The van der Waals surface area contributed by atoms with Crippen LogP contribution in [0.4, 0.5) is 0 Å². The molecule has 1 amide bonds. The maximum absolute atomic E-state index is 12.7. The third kappa shape index (κ3) is 7.89. The number of hydrogen-bond acceptors (Lipinski definition) is 8. The van der Waals surface area contributed by atoms with Gasteiger partial charge >= 0.3 is 0 Å². The number of unbranched alkanes of at least 4 members (excludes halogenated alkanes) is 3. The number of para-hydroxylation sites is 1. The quantitative estimate of drug-likeness (QED) is 0.109. The Morgan fingerprint density at radius 2 is 1.55 bits per heavy atom. The minimum Gasteiger partial charge on any atom is -0.496 e. The van der Waals surface area contributed by atoms with Crippen molar-refractivity contribution in [2.45, 2.75) is 58.9 Å². The Labute approximate surface area is 292 Å². The first-order chi connectivity index (χ1) is 23.8. The van der Waals surface area contributed by atoms with E-state index in [1.54, 1.807) is 37.5 Å². The number of fused-ring (bicyclic) bond motifs is 1. The van der Waals surface area contributed by atoms with E-state index in [0.717, 1.165) is 81.2 Å². The van der Waals surface area contributed by atoms with Gasteiger partial charge in [0.15, 0.2) is 11.5 Å². The van der Waals surface area contributed by atoms with Crippen LogP contribution in [-0.2, 0) is 4.79 Å². The summed E-state index contributed by atoms with van der Waals surface area (Å²) >= 11 is 1.70. The minimum atomic E-state index is -0.239. The number of carbonyl (C=O) groups excluding carboxylic acids is 1. The van der Waals surface area contributed by atoms with Gasteiger partial charge in [-0.3, -0.25) is 4.79 Å². The predicted octanol–water partition coefficient (Wildman–Crippen LogP) is 9.31. The number of aromatic nitrogens is 1. The van der Waals surface area contributed by atoms with Gasteiger partial charge in [0.1, 0.15) is 16.5 Å². The van der Waals surface area contributed by atoms with E-state index < -0.39 is 0 Å². The Bertz CT molecular complexity index is 1920. The molecule has 0 spiro atoms. The molecule has 0 saturated carbocycles. The normalized spacial score (nSPS) is 14.2. The molecule has 1 aromatic heterocycles. The van der Waals surface area contributed by atoms with Crippen molar-refractivity contribution in [1.29, 1.82) is 0 Å². The molecule has 49 heavy (non-hydrogen) atoms. The third-order valence-electron chi connectivity index (χ3n) is 8.94. The monoisotopic (exact) mass is 677 g/mol. The minimum absolute atomic E-state index is 0.112. The molecule has 6 rings (SSSR count). The lowest BCUT2D eigenvalue weighted by Crippen LogP contribution is -2.24. The van der Waals surface area contributed by atoms with Gasteiger partial charge in [-0.1, -0.05) is 18.2 Å². The molecule has 0 saturated heterocycles. The number of benzene rings is 4. The van der Waals surface area contributed by atoms with Crippen LogP contribution in [0, 0.1) is 13.8 Å². The Kier molecular flexibility index (Phi) is 10.8. The van der Waals surface area contributed by atoms with Crippen LogP contribution in [-0.4, -0.2) is 49.0 Å². The zero-order chi connectivity index (χ0) is 34.3. The topological polar surface area (TPSA) is 82.5 Å². The molecule has 0 N–H and O–H groups in total. The van der Waals surface area contributed by atoms with Crippen LogP contribution < -0.4 is 18.9 Å². The molecule has 0 radical (unpaired) electrons. The summed E-state index contributed by atoms with van der Waals surface area (Å²) in [4.78, 5) is 17.4. The van der Waals surface area contributed by atoms with E-state index >= 15 is 0 Å². The van der Waals surface area contributed by atoms with Crippen LogP contribution in [0.3, 0.4) is 0 Å². The molecule has 8 nitrogen and oxygen atoms in total. The van der Waals surface area contributed by atoms with Crippen molar-refractivity contribution in [3.05, 3.63) is 101 Å². The number of nitrogens with zero attached hydrogens (tertiary/aromatic N) is 3. The lowest BCUT2D eigenvalue weighted by atomic mass is 9.95. The molecule has 4 aromatic carbocycles. The Hall–Kier alpha value is -4.89. The van der Waals surface area contributed by atoms with Gasteiger partial charge < -0.3 is 18.9 Å². The predicted molar refractivity (Wildman–Crippen MR) is 196 cm³/mol. The van der Waals surface area contributed by atoms with Crippen molar-refractivity contribution < 1.29 is 23.7 Å². The number of amides is 1. The van der Waals surface area contributed by atoms with Crippen molar-refractivity contribution in [3.63, 3.8) is 0 Å². The number of methoxy groups -OCH3 is 2. The Morgan fingerprint density at radius 3 is 2.27 bits per heavy atom. The van der Waals surface area contributed by atoms with E-state index in [9.17, 15) is 4.79 Å². The average Bonchev–Trinajstić information content (AvgIpc) is 3.76. The molecule has 254 valence electrons. The van der Waals surface area contributed by atoms with E-state index in [2.05, 4.69) is 31.2 Å². The fourth-order valence-corrected chi connectivity index (χ4v) is 7.04. The summed E-state index contributed by atoms with van der Waals surface area (Å²) in [7, 11) is 3.31. The fourth-order valence-electron chi connectivity index (χ4n) is 6.07. The third-order valence-corrected chi connectivity index (χ3v) is 10.0. The first-order valence-electron chi connectivity index (χ1n) is 16.8. The molecule has 1 aliphatic heterocycles. The summed E-state index contributed by atoms with van der Waals surface area (Å²) in [5.41, 5.74) is 7.11. The molecule has 0 aliphatic carbocycles. The first-order valence-corrected chi connectivity index (χ1v) is 17.6. The van der Waals surface area contributed by atoms with Crippen molar-refractivity contribution in [3.8, 4) is 33.6 Å². The molecule has 9 heteroatoms. The highest BCUT2D eigenvalue weighted by atomic mass is 32.1. The van der Waals surface area contributed by atoms with Crippen molar-refractivity contribution in [2.24, 2.45) is 5.10 Å². The maximum atomic E-state index is 12.7. The highest BCUT2D eigenvalue weighted by Gasteiger charge is 2.32. The molecule has 0 bridgehead atoms. The number of aryl methyl sites for hydroxylation is 1. The van der Waals surface area contributed by atoms with Crippen LogP contribution in [0.2, 0.25) is 0 Å². The summed E-state index contributed by atoms with van der Waals surface area (Å²) in [6.07, 6.45) is 4.54. The number of rotatable bonds is 14. The first kappa shape index (κ1) is 34.0. The largest absolute Gasteiger partial charge is 0.496 e.